The van der Waals surface area contributed by atoms with Gasteiger partial charge in [-0.2, -0.15) is 0 Å². The molecule has 0 aliphatic carbocycles. The lowest BCUT2D eigenvalue weighted by molar-refractivity contribution is -0.115. The molecular weight excluding hydrogens is 322 g/mol. The first-order chi connectivity index (χ1) is 9.40. The van der Waals surface area contributed by atoms with Crippen LogP contribution in [0.5, 0.6) is 0 Å². The molecule has 0 bridgehead atoms. The minimum absolute atomic E-state index is 0.0446. The number of nitrogens with one attached hydrogen (secondary N) is 1. The largest absolute Gasteiger partial charge is 0.290 e. The molecule has 0 radical (unpaired) electrons. The monoisotopic (exact) mass is 329 g/mol. The van der Waals surface area contributed by atoms with Crippen molar-refractivity contribution in [2.45, 2.75) is 11.3 Å². The molecule has 0 aromatic heterocycles. The van der Waals surface area contributed by atoms with Gasteiger partial charge in [0, 0.05) is 0 Å². The third kappa shape index (κ3) is 2.06. The zero-order chi connectivity index (χ0) is 14.5. The molecule has 1 aromatic carbocycles. The molecule has 2 aliphatic rings. The van der Waals surface area contributed by atoms with E-state index >= 15 is 0 Å². The van der Waals surface area contributed by atoms with Crippen LogP contribution in [0.2, 0.25) is 5.02 Å². The minimum Gasteiger partial charge on any atom is -0.282 e. The molecule has 5 nitrogen and oxygen atoms in total. The normalized spacial score (nSPS) is 24.4. The topological polar surface area (TPSA) is 80.3 Å². The first-order valence-corrected chi connectivity index (χ1v) is 8.53. The lowest BCUT2D eigenvalue weighted by Gasteiger charge is -2.21. The molecule has 1 saturated heterocycles. The van der Waals surface area contributed by atoms with Crippen LogP contribution in [0, 0.1) is 0 Å². The maximum atomic E-state index is 12.1. The summed E-state index contributed by atoms with van der Waals surface area (Å²) in [6.07, 6.45) is 0.193. The summed E-state index contributed by atoms with van der Waals surface area (Å²) in [6, 6.07) is 4.73. The predicted octanol–water partition coefficient (Wildman–Crippen LogP) is 2.21. The van der Waals surface area contributed by atoms with Crippen LogP contribution in [0.1, 0.15) is 12.0 Å². The lowest BCUT2D eigenvalue weighted by atomic mass is 10.0. The van der Waals surface area contributed by atoms with Crippen LogP contribution >= 0.6 is 23.4 Å². The third-order valence-corrected chi connectivity index (χ3v) is 6.27. The highest BCUT2D eigenvalue weighted by molar-refractivity contribution is 8.18. The predicted molar refractivity (Wildman–Crippen MR) is 76.2 cm³/mol. The number of thioether (sulfide) groups is 1. The van der Waals surface area contributed by atoms with Crippen molar-refractivity contribution in [1.29, 1.82) is 0 Å². The van der Waals surface area contributed by atoms with Crippen LogP contribution in [0.15, 0.2) is 28.0 Å². The number of carbonyl (C=O) groups excluding carboxylic acids is 2. The second kappa shape index (κ2) is 4.61. The first-order valence-electron chi connectivity index (χ1n) is 5.68. The number of imide groups is 1. The number of carbonyl (C=O) groups is 2. The zero-order valence-electron chi connectivity index (χ0n) is 9.97. The first kappa shape index (κ1) is 13.7. The van der Waals surface area contributed by atoms with Crippen molar-refractivity contribution in [3.8, 4) is 0 Å². The molecule has 0 spiro atoms. The molecule has 0 unspecified atom stereocenters. The average Bonchev–Trinajstić information content (AvgIpc) is 2.68. The van der Waals surface area contributed by atoms with Crippen LogP contribution in [0.3, 0.4) is 0 Å². The van der Waals surface area contributed by atoms with Crippen molar-refractivity contribution in [3.63, 3.8) is 0 Å². The van der Waals surface area contributed by atoms with Gasteiger partial charge in [0.2, 0.25) is 0 Å². The number of hydrogen-bond donors (Lipinski definition) is 1. The van der Waals surface area contributed by atoms with Gasteiger partial charge in [-0.15, -0.1) is 0 Å². The maximum absolute atomic E-state index is 12.1. The quantitative estimate of drug-likeness (QED) is 0.738. The molecule has 2 heterocycles. The molecule has 1 N–H and O–H groups in total. The summed E-state index contributed by atoms with van der Waals surface area (Å²) in [5, 5.41) is 1.86. The molecule has 20 heavy (non-hydrogen) atoms. The average molecular weight is 330 g/mol. The number of amides is 2. The summed E-state index contributed by atoms with van der Waals surface area (Å²) in [4.78, 5) is 23.3. The van der Waals surface area contributed by atoms with Crippen molar-refractivity contribution >= 4 is 49.9 Å². The van der Waals surface area contributed by atoms with Crippen molar-refractivity contribution in [2.75, 3.05) is 5.75 Å². The molecule has 2 aliphatic heterocycles. The van der Waals surface area contributed by atoms with Crippen LogP contribution in [0.25, 0.3) is 5.57 Å². The summed E-state index contributed by atoms with van der Waals surface area (Å²) >= 11 is 6.78. The SMILES string of the molecule is O=C1NC(=O)/C(=C2\CCS(=O)(=O)c3c(Cl)cccc32)S1. The van der Waals surface area contributed by atoms with E-state index < -0.39 is 21.0 Å². The molecule has 2 amide bonds. The summed E-state index contributed by atoms with van der Waals surface area (Å²) in [6.45, 7) is 0. The second-order valence-electron chi connectivity index (χ2n) is 4.34. The number of halogens is 1. The highest BCUT2D eigenvalue weighted by Gasteiger charge is 2.35. The standard InChI is InChI=1S/C12H8ClNO4S2/c13-8-3-1-2-7-6(4-5-20(17,18)10(7)8)9-11(15)14-12(16)19-9/h1-3H,4-5H2,(H,14,15,16)/b9-6-. The van der Waals surface area contributed by atoms with Gasteiger partial charge >= 0.3 is 0 Å². The number of sulfone groups is 1. The van der Waals surface area contributed by atoms with Gasteiger partial charge in [0.25, 0.3) is 11.1 Å². The fraction of sp³-hybridized carbons (Fsp3) is 0.167. The third-order valence-electron chi connectivity index (χ3n) is 3.11. The van der Waals surface area contributed by atoms with E-state index in [4.69, 9.17) is 11.6 Å². The van der Waals surface area contributed by atoms with Crippen molar-refractivity contribution in [1.82, 2.24) is 5.32 Å². The summed E-state index contributed by atoms with van der Waals surface area (Å²) < 4.78 is 24.2. The number of allylic oxidation sites excluding steroid dienone is 1. The van der Waals surface area contributed by atoms with Gasteiger partial charge in [-0.3, -0.25) is 14.9 Å². The van der Waals surface area contributed by atoms with Crippen LogP contribution in [-0.4, -0.2) is 25.3 Å². The van der Waals surface area contributed by atoms with Gasteiger partial charge in [0.1, 0.15) is 0 Å². The van der Waals surface area contributed by atoms with E-state index in [9.17, 15) is 18.0 Å². The summed E-state index contributed by atoms with van der Waals surface area (Å²) in [7, 11) is -3.46. The van der Waals surface area contributed by atoms with Gasteiger partial charge in [-0.1, -0.05) is 23.7 Å². The van der Waals surface area contributed by atoms with E-state index in [-0.39, 0.29) is 27.0 Å². The molecular formula is C12H8ClNO4S2. The Bertz CT molecular complexity index is 783. The van der Waals surface area contributed by atoms with Gasteiger partial charge in [-0.05, 0) is 35.4 Å². The van der Waals surface area contributed by atoms with E-state index in [1.165, 1.54) is 6.07 Å². The Kier molecular flexibility index (Phi) is 3.15. The van der Waals surface area contributed by atoms with E-state index in [1.54, 1.807) is 12.1 Å². The van der Waals surface area contributed by atoms with Gasteiger partial charge in [0.05, 0.1) is 20.6 Å². The Morgan fingerprint density at radius 2 is 2.00 bits per heavy atom. The smallest absolute Gasteiger partial charge is 0.282 e. The van der Waals surface area contributed by atoms with Crippen molar-refractivity contribution in [2.24, 2.45) is 0 Å². The Hall–Kier alpha value is -1.31. The molecule has 0 saturated carbocycles. The van der Waals surface area contributed by atoms with Crippen LogP contribution in [0.4, 0.5) is 4.79 Å². The molecule has 1 aromatic rings. The van der Waals surface area contributed by atoms with Gasteiger partial charge < -0.3 is 0 Å². The Balaban J connectivity index is 2.29. The second-order valence-corrected chi connectivity index (χ2v) is 7.77. The minimum atomic E-state index is -3.46. The van der Waals surface area contributed by atoms with Crippen molar-refractivity contribution in [3.05, 3.63) is 33.7 Å². The van der Waals surface area contributed by atoms with E-state index in [0.717, 1.165) is 11.8 Å². The highest BCUT2D eigenvalue weighted by atomic mass is 35.5. The van der Waals surface area contributed by atoms with E-state index in [1.807, 2.05) is 0 Å². The zero-order valence-corrected chi connectivity index (χ0v) is 12.4. The van der Waals surface area contributed by atoms with Gasteiger partial charge in [-0.25, -0.2) is 8.42 Å². The molecule has 3 rings (SSSR count). The molecule has 0 atom stereocenters. The number of fused-ring (bicyclic) bond motifs is 1. The summed E-state index contributed by atoms with van der Waals surface area (Å²) in [5.41, 5.74) is 0.974. The Labute approximate surface area is 124 Å². The van der Waals surface area contributed by atoms with E-state index in [0.29, 0.717) is 11.1 Å². The fourth-order valence-electron chi connectivity index (χ4n) is 2.28. The molecule has 1 fully saturated rings. The lowest BCUT2D eigenvalue weighted by Crippen LogP contribution is -2.21. The Morgan fingerprint density at radius 3 is 2.65 bits per heavy atom. The summed E-state index contributed by atoms with van der Waals surface area (Å²) in [5.74, 6) is -0.606. The van der Waals surface area contributed by atoms with Crippen LogP contribution < -0.4 is 5.32 Å². The molecule has 104 valence electrons. The Morgan fingerprint density at radius 1 is 1.25 bits per heavy atom. The fourth-order valence-corrected chi connectivity index (χ4v) is 5.19. The number of benzene rings is 1. The van der Waals surface area contributed by atoms with Crippen molar-refractivity contribution < 1.29 is 18.0 Å². The highest BCUT2D eigenvalue weighted by Crippen LogP contribution is 2.42. The van der Waals surface area contributed by atoms with Crippen LogP contribution in [-0.2, 0) is 14.6 Å². The van der Waals surface area contributed by atoms with E-state index in [2.05, 4.69) is 5.32 Å². The number of hydrogen-bond acceptors (Lipinski definition) is 5. The molecule has 8 heteroatoms. The number of rotatable bonds is 0. The van der Waals surface area contributed by atoms with Gasteiger partial charge in [0.15, 0.2) is 9.84 Å². The maximum Gasteiger partial charge on any atom is 0.290 e.